The van der Waals surface area contributed by atoms with E-state index >= 15 is 0 Å². The molecule has 0 bridgehead atoms. The summed E-state index contributed by atoms with van der Waals surface area (Å²) in [6.45, 7) is 0. The third-order valence-corrected chi connectivity index (χ3v) is 3.07. The SMILES string of the molecule is O=C(O)c1coc(C(=O)Nc2cc(Br)ccc2Cl)c1. The third kappa shape index (κ3) is 3.15. The van der Waals surface area contributed by atoms with Gasteiger partial charge in [-0.05, 0) is 18.2 Å². The number of amides is 1. The standard InChI is InChI=1S/C12H7BrClNO4/c13-7-1-2-8(14)9(4-7)15-11(16)10-3-6(5-19-10)12(17)18/h1-5H,(H,15,16)(H,17,18). The number of nitrogens with one attached hydrogen (secondary N) is 1. The van der Waals surface area contributed by atoms with E-state index in [1.165, 1.54) is 0 Å². The van der Waals surface area contributed by atoms with E-state index in [-0.39, 0.29) is 11.3 Å². The fraction of sp³-hybridized carbons (Fsp3) is 0. The Kier molecular flexibility index (Phi) is 3.92. The number of benzene rings is 1. The van der Waals surface area contributed by atoms with Gasteiger partial charge in [-0.2, -0.15) is 0 Å². The largest absolute Gasteiger partial charge is 0.478 e. The molecule has 2 N–H and O–H groups in total. The lowest BCUT2D eigenvalue weighted by Gasteiger charge is -2.05. The van der Waals surface area contributed by atoms with E-state index in [1.54, 1.807) is 18.2 Å². The number of carboxylic acid groups (broad SMARTS) is 1. The van der Waals surface area contributed by atoms with Gasteiger partial charge in [0.15, 0.2) is 5.76 Å². The topological polar surface area (TPSA) is 79.5 Å². The summed E-state index contributed by atoms with van der Waals surface area (Å²) in [4.78, 5) is 22.5. The minimum Gasteiger partial charge on any atom is -0.478 e. The monoisotopic (exact) mass is 343 g/mol. The zero-order valence-corrected chi connectivity index (χ0v) is 11.7. The number of aromatic carboxylic acids is 1. The van der Waals surface area contributed by atoms with Crippen LogP contribution in [0.5, 0.6) is 0 Å². The maximum atomic E-state index is 11.8. The van der Waals surface area contributed by atoms with Crippen LogP contribution in [0.3, 0.4) is 0 Å². The second-order valence-electron chi connectivity index (χ2n) is 3.58. The first-order chi connectivity index (χ1) is 8.97. The van der Waals surface area contributed by atoms with Gasteiger partial charge in [0.1, 0.15) is 6.26 Å². The molecule has 0 spiro atoms. The lowest BCUT2D eigenvalue weighted by molar-refractivity contribution is 0.0696. The van der Waals surface area contributed by atoms with E-state index in [0.29, 0.717) is 10.7 Å². The summed E-state index contributed by atoms with van der Waals surface area (Å²) in [7, 11) is 0. The summed E-state index contributed by atoms with van der Waals surface area (Å²) in [6.07, 6.45) is 1.000. The minimum atomic E-state index is -1.16. The number of halogens is 2. The number of furan rings is 1. The maximum Gasteiger partial charge on any atom is 0.338 e. The molecule has 0 atom stereocenters. The molecule has 5 nitrogen and oxygen atoms in total. The average molecular weight is 345 g/mol. The molecule has 0 radical (unpaired) electrons. The molecule has 1 heterocycles. The van der Waals surface area contributed by atoms with Gasteiger partial charge in [-0.15, -0.1) is 0 Å². The predicted molar refractivity (Wildman–Crippen MR) is 72.8 cm³/mol. The van der Waals surface area contributed by atoms with Crippen molar-refractivity contribution in [1.29, 1.82) is 0 Å². The number of carboxylic acids is 1. The first-order valence-electron chi connectivity index (χ1n) is 5.05. The summed E-state index contributed by atoms with van der Waals surface area (Å²) in [5.41, 5.74) is 0.305. The van der Waals surface area contributed by atoms with Crippen LogP contribution in [-0.4, -0.2) is 17.0 Å². The average Bonchev–Trinajstić information content (AvgIpc) is 2.83. The smallest absolute Gasteiger partial charge is 0.338 e. The molecule has 0 aliphatic rings. The number of hydrogen-bond donors (Lipinski definition) is 2. The highest BCUT2D eigenvalue weighted by Gasteiger charge is 2.15. The second-order valence-corrected chi connectivity index (χ2v) is 4.91. The molecule has 19 heavy (non-hydrogen) atoms. The molecule has 1 amide bonds. The lowest BCUT2D eigenvalue weighted by Crippen LogP contribution is -2.11. The zero-order chi connectivity index (χ0) is 14.0. The first kappa shape index (κ1) is 13.6. The molecular weight excluding hydrogens is 337 g/mol. The molecule has 2 aromatic rings. The molecule has 0 aliphatic heterocycles. The van der Waals surface area contributed by atoms with Crippen molar-refractivity contribution >= 4 is 45.1 Å². The molecule has 0 saturated carbocycles. The molecular formula is C12H7BrClNO4. The van der Waals surface area contributed by atoms with Crippen molar-refractivity contribution in [1.82, 2.24) is 0 Å². The molecule has 98 valence electrons. The number of carbonyl (C=O) groups is 2. The molecule has 7 heteroatoms. The van der Waals surface area contributed by atoms with E-state index < -0.39 is 11.9 Å². The molecule has 0 aliphatic carbocycles. The van der Waals surface area contributed by atoms with Gasteiger partial charge in [-0.3, -0.25) is 4.79 Å². The quantitative estimate of drug-likeness (QED) is 0.891. The Bertz CT molecular complexity index is 653. The van der Waals surface area contributed by atoms with Crippen LogP contribution in [-0.2, 0) is 0 Å². The predicted octanol–water partition coefficient (Wildman–Crippen LogP) is 3.65. The van der Waals surface area contributed by atoms with Crippen molar-refractivity contribution in [3.8, 4) is 0 Å². The maximum absolute atomic E-state index is 11.8. The molecule has 0 fully saturated rings. The minimum absolute atomic E-state index is 0.0921. The van der Waals surface area contributed by atoms with Crippen molar-refractivity contribution in [3.63, 3.8) is 0 Å². The summed E-state index contributed by atoms with van der Waals surface area (Å²) >= 11 is 9.18. The van der Waals surface area contributed by atoms with Gasteiger partial charge in [-0.1, -0.05) is 27.5 Å². The molecule has 2 rings (SSSR count). The number of hydrogen-bond acceptors (Lipinski definition) is 3. The second kappa shape index (κ2) is 5.46. The van der Waals surface area contributed by atoms with Crippen molar-refractivity contribution in [2.24, 2.45) is 0 Å². The van der Waals surface area contributed by atoms with Gasteiger partial charge < -0.3 is 14.8 Å². The van der Waals surface area contributed by atoms with Gasteiger partial charge in [0, 0.05) is 10.5 Å². The summed E-state index contributed by atoms with van der Waals surface area (Å²) in [5.74, 6) is -1.84. The Labute approximate surface area is 121 Å². The molecule has 0 saturated heterocycles. The van der Waals surface area contributed by atoms with E-state index in [4.69, 9.17) is 21.1 Å². The van der Waals surface area contributed by atoms with E-state index in [1.807, 2.05) is 0 Å². The van der Waals surface area contributed by atoms with Crippen molar-refractivity contribution in [2.75, 3.05) is 5.32 Å². The van der Waals surface area contributed by atoms with Crippen molar-refractivity contribution in [2.45, 2.75) is 0 Å². The molecule has 1 aromatic carbocycles. The third-order valence-electron chi connectivity index (χ3n) is 2.25. The van der Waals surface area contributed by atoms with Gasteiger partial charge in [-0.25, -0.2) is 4.79 Å². The Morgan fingerprint density at radius 3 is 2.68 bits per heavy atom. The fourth-order valence-electron chi connectivity index (χ4n) is 1.34. The molecule has 1 aromatic heterocycles. The van der Waals surface area contributed by atoms with Crippen LogP contribution < -0.4 is 5.32 Å². The Morgan fingerprint density at radius 1 is 1.32 bits per heavy atom. The van der Waals surface area contributed by atoms with Crippen LogP contribution in [0.1, 0.15) is 20.9 Å². The van der Waals surface area contributed by atoms with Crippen LogP contribution in [0.25, 0.3) is 0 Å². The first-order valence-corrected chi connectivity index (χ1v) is 6.22. The highest BCUT2D eigenvalue weighted by atomic mass is 79.9. The summed E-state index contributed by atoms with van der Waals surface area (Å²) < 4.78 is 5.63. The Balaban J connectivity index is 2.20. The number of carbonyl (C=O) groups excluding carboxylic acids is 1. The highest BCUT2D eigenvalue weighted by molar-refractivity contribution is 9.10. The number of anilines is 1. The highest BCUT2D eigenvalue weighted by Crippen LogP contribution is 2.26. The Hall–Kier alpha value is -1.79. The fourth-order valence-corrected chi connectivity index (χ4v) is 1.87. The summed E-state index contributed by atoms with van der Waals surface area (Å²) in [6, 6.07) is 6.12. The van der Waals surface area contributed by atoms with Crippen molar-refractivity contribution < 1.29 is 19.1 Å². The zero-order valence-electron chi connectivity index (χ0n) is 9.31. The van der Waals surface area contributed by atoms with Crippen LogP contribution in [0.15, 0.2) is 39.4 Å². The Morgan fingerprint density at radius 2 is 2.05 bits per heavy atom. The van der Waals surface area contributed by atoms with Crippen LogP contribution in [0, 0.1) is 0 Å². The van der Waals surface area contributed by atoms with E-state index in [0.717, 1.165) is 16.8 Å². The van der Waals surface area contributed by atoms with Crippen molar-refractivity contribution in [3.05, 3.63) is 51.3 Å². The van der Waals surface area contributed by atoms with E-state index in [2.05, 4.69) is 21.2 Å². The summed E-state index contributed by atoms with van der Waals surface area (Å²) in [5, 5.41) is 11.6. The van der Waals surface area contributed by atoms with Crippen LogP contribution in [0.2, 0.25) is 5.02 Å². The van der Waals surface area contributed by atoms with Crippen LogP contribution >= 0.6 is 27.5 Å². The lowest BCUT2D eigenvalue weighted by atomic mass is 10.3. The number of rotatable bonds is 3. The normalized spacial score (nSPS) is 10.2. The molecule has 0 unspecified atom stereocenters. The van der Waals surface area contributed by atoms with E-state index in [9.17, 15) is 9.59 Å². The van der Waals surface area contributed by atoms with Gasteiger partial charge in [0.25, 0.3) is 5.91 Å². The van der Waals surface area contributed by atoms with Gasteiger partial charge in [0.05, 0.1) is 16.3 Å². The van der Waals surface area contributed by atoms with Gasteiger partial charge in [0.2, 0.25) is 0 Å². The van der Waals surface area contributed by atoms with Gasteiger partial charge >= 0.3 is 5.97 Å². The van der Waals surface area contributed by atoms with Crippen LogP contribution in [0.4, 0.5) is 5.69 Å².